The molecule has 2 aromatic carbocycles. The summed E-state index contributed by atoms with van der Waals surface area (Å²) in [5.41, 5.74) is 1.81. The molecule has 26 heavy (non-hydrogen) atoms. The highest BCUT2D eigenvalue weighted by Crippen LogP contribution is 2.18. The number of hydrogen-bond donors (Lipinski definition) is 2. The zero-order chi connectivity index (χ0) is 18.4. The van der Waals surface area contributed by atoms with Crippen molar-refractivity contribution in [3.63, 3.8) is 0 Å². The highest BCUT2D eigenvalue weighted by Gasteiger charge is 2.14. The van der Waals surface area contributed by atoms with Gasteiger partial charge in [-0.05, 0) is 23.6 Å². The molecule has 0 bridgehead atoms. The molecule has 0 aliphatic rings. The second-order valence-corrected chi connectivity index (χ2v) is 6.74. The largest absolute Gasteiger partial charge is 0.478 e. The first-order valence-electron chi connectivity index (χ1n) is 8.09. The van der Waals surface area contributed by atoms with Crippen LogP contribution in [0.5, 0.6) is 0 Å². The molecule has 0 saturated heterocycles. The van der Waals surface area contributed by atoms with Crippen LogP contribution in [0, 0.1) is 0 Å². The number of nitrogens with zero attached hydrogens (tertiary/aromatic N) is 2. The van der Waals surface area contributed by atoms with Gasteiger partial charge in [0.05, 0.1) is 12.0 Å². The van der Waals surface area contributed by atoms with E-state index < -0.39 is 5.97 Å². The van der Waals surface area contributed by atoms with Crippen molar-refractivity contribution in [2.24, 2.45) is 0 Å². The number of aromatic nitrogens is 2. The lowest BCUT2D eigenvalue weighted by atomic mass is 10.0. The number of carbonyl (C=O) groups excluding carboxylic acids is 1. The van der Waals surface area contributed by atoms with Crippen LogP contribution in [-0.2, 0) is 24.1 Å². The van der Waals surface area contributed by atoms with E-state index in [0.717, 1.165) is 17.8 Å². The third kappa shape index (κ3) is 4.73. The Morgan fingerprint density at radius 1 is 0.962 bits per heavy atom. The van der Waals surface area contributed by atoms with Crippen LogP contribution in [0.25, 0.3) is 0 Å². The Balaban J connectivity index is 1.57. The summed E-state index contributed by atoms with van der Waals surface area (Å²) in [5.74, 6) is -1.36. The normalized spacial score (nSPS) is 10.5. The summed E-state index contributed by atoms with van der Waals surface area (Å²) in [6.07, 6.45) is 1.58. The molecule has 0 aliphatic heterocycles. The van der Waals surface area contributed by atoms with Crippen molar-refractivity contribution in [2.45, 2.75) is 19.3 Å². The van der Waals surface area contributed by atoms with E-state index in [1.165, 1.54) is 23.0 Å². The van der Waals surface area contributed by atoms with E-state index in [1.54, 1.807) is 18.2 Å². The summed E-state index contributed by atoms with van der Waals surface area (Å²) in [4.78, 5) is 23.4. The van der Waals surface area contributed by atoms with Crippen LogP contribution >= 0.6 is 11.3 Å². The fourth-order valence-corrected chi connectivity index (χ4v) is 3.28. The summed E-state index contributed by atoms with van der Waals surface area (Å²) in [7, 11) is 0. The minimum atomic E-state index is -1.05. The number of nitrogens with one attached hydrogen (secondary N) is 1. The van der Waals surface area contributed by atoms with Crippen molar-refractivity contribution in [1.82, 2.24) is 10.2 Å². The molecule has 6 nitrogen and oxygen atoms in total. The molecule has 0 spiro atoms. The predicted octanol–water partition coefficient (Wildman–Crippen LogP) is 3.20. The van der Waals surface area contributed by atoms with Gasteiger partial charge >= 0.3 is 5.97 Å². The van der Waals surface area contributed by atoms with Crippen molar-refractivity contribution in [1.29, 1.82) is 0 Å². The second kappa shape index (κ2) is 8.35. The third-order valence-electron chi connectivity index (χ3n) is 3.78. The monoisotopic (exact) mass is 367 g/mol. The van der Waals surface area contributed by atoms with Crippen LogP contribution in [-0.4, -0.2) is 27.2 Å². The van der Waals surface area contributed by atoms with Crippen LogP contribution < -0.4 is 5.32 Å². The molecule has 1 heterocycles. The van der Waals surface area contributed by atoms with Crippen LogP contribution in [0.3, 0.4) is 0 Å². The lowest BCUT2D eigenvalue weighted by Gasteiger charge is -2.05. The number of aromatic carboxylic acids is 1. The van der Waals surface area contributed by atoms with E-state index in [0.29, 0.717) is 10.7 Å². The Labute approximate surface area is 154 Å². The molecule has 0 unspecified atom stereocenters. The number of rotatable bonds is 7. The van der Waals surface area contributed by atoms with Gasteiger partial charge in [0.15, 0.2) is 0 Å². The van der Waals surface area contributed by atoms with Crippen molar-refractivity contribution in [2.75, 3.05) is 5.32 Å². The van der Waals surface area contributed by atoms with E-state index in [9.17, 15) is 14.7 Å². The molecule has 132 valence electrons. The molecular formula is C19H17N3O3S. The average molecular weight is 367 g/mol. The molecule has 7 heteroatoms. The Morgan fingerprint density at radius 3 is 2.46 bits per heavy atom. The number of hydrogen-bond acceptors (Lipinski definition) is 5. The zero-order valence-electron chi connectivity index (χ0n) is 13.9. The summed E-state index contributed by atoms with van der Waals surface area (Å²) in [6.45, 7) is 0. The van der Waals surface area contributed by atoms with Gasteiger partial charge in [-0.3, -0.25) is 4.79 Å². The highest BCUT2D eigenvalue weighted by atomic mass is 32.1. The van der Waals surface area contributed by atoms with Crippen LogP contribution in [0.2, 0.25) is 0 Å². The molecule has 2 N–H and O–H groups in total. The van der Waals surface area contributed by atoms with Crippen molar-refractivity contribution >= 4 is 28.3 Å². The smallest absolute Gasteiger partial charge is 0.335 e. The summed E-state index contributed by atoms with van der Waals surface area (Å²) >= 11 is 1.33. The van der Waals surface area contributed by atoms with Crippen molar-refractivity contribution in [3.8, 4) is 0 Å². The van der Waals surface area contributed by atoms with E-state index >= 15 is 0 Å². The minimum absolute atomic E-state index is 0.0264. The molecule has 1 amide bonds. The SMILES string of the molecule is O=C(Cc1ccccc1C(=O)O)Nc1nnc(CCc2ccccc2)s1. The van der Waals surface area contributed by atoms with Gasteiger partial charge < -0.3 is 10.4 Å². The fourth-order valence-electron chi connectivity index (χ4n) is 2.52. The molecule has 3 rings (SSSR count). The zero-order valence-corrected chi connectivity index (χ0v) is 14.7. The number of carbonyl (C=O) groups is 2. The third-order valence-corrected chi connectivity index (χ3v) is 4.68. The molecule has 3 aromatic rings. The van der Waals surface area contributed by atoms with Gasteiger partial charge in [0.2, 0.25) is 11.0 Å². The second-order valence-electron chi connectivity index (χ2n) is 5.67. The van der Waals surface area contributed by atoms with Gasteiger partial charge in [0.25, 0.3) is 0 Å². The molecule has 1 aromatic heterocycles. The van der Waals surface area contributed by atoms with Crippen LogP contribution in [0.1, 0.15) is 26.5 Å². The summed E-state index contributed by atoms with van der Waals surface area (Å²) < 4.78 is 0. The first-order valence-corrected chi connectivity index (χ1v) is 8.91. The maximum atomic E-state index is 12.2. The van der Waals surface area contributed by atoms with Crippen molar-refractivity contribution in [3.05, 3.63) is 76.3 Å². The van der Waals surface area contributed by atoms with Gasteiger partial charge in [-0.1, -0.05) is 59.9 Å². The number of anilines is 1. The summed E-state index contributed by atoms with van der Waals surface area (Å²) in [5, 5.41) is 21.2. The Kier molecular flexibility index (Phi) is 5.70. The Bertz CT molecular complexity index is 909. The number of aryl methyl sites for hydroxylation is 2. The molecule has 0 radical (unpaired) electrons. The van der Waals surface area contributed by atoms with E-state index in [4.69, 9.17) is 0 Å². The molecule has 0 aliphatic carbocycles. The number of carboxylic acids is 1. The summed E-state index contributed by atoms with van der Waals surface area (Å²) in [6, 6.07) is 16.5. The van der Waals surface area contributed by atoms with Gasteiger partial charge in [-0.2, -0.15) is 0 Å². The lowest BCUT2D eigenvalue weighted by molar-refractivity contribution is -0.115. The topological polar surface area (TPSA) is 92.2 Å². The van der Waals surface area contributed by atoms with E-state index in [1.807, 2.05) is 18.2 Å². The molecule has 0 saturated carbocycles. The number of carboxylic acid groups (broad SMARTS) is 1. The molecule has 0 atom stereocenters. The fraction of sp³-hybridized carbons (Fsp3) is 0.158. The quantitative estimate of drug-likeness (QED) is 0.669. The van der Waals surface area contributed by atoms with Gasteiger partial charge in [-0.25, -0.2) is 4.79 Å². The number of benzene rings is 2. The Hall–Kier alpha value is -3.06. The first kappa shape index (κ1) is 17.8. The predicted molar refractivity (Wildman–Crippen MR) is 99.5 cm³/mol. The van der Waals surface area contributed by atoms with E-state index in [-0.39, 0.29) is 17.9 Å². The van der Waals surface area contributed by atoms with Gasteiger partial charge in [0.1, 0.15) is 5.01 Å². The van der Waals surface area contributed by atoms with Crippen LogP contribution in [0.4, 0.5) is 5.13 Å². The molecule has 0 fully saturated rings. The van der Waals surface area contributed by atoms with Gasteiger partial charge in [0, 0.05) is 6.42 Å². The number of amides is 1. The van der Waals surface area contributed by atoms with E-state index in [2.05, 4.69) is 27.6 Å². The maximum absolute atomic E-state index is 12.2. The first-order chi connectivity index (χ1) is 12.6. The van der Waals surface area contributed by atoms with Crippen molar-refractivity contribution < 1.29 is 14.7 Å². The standard InChI is InChI=1S/C19H17N3O3S/c23-16(12-14-8-4-5-9-15(14)18(24)25)20-19-22-21-17(26-19)11-10-13-6-2-1-3-7-13/h1-9H,10-12H2,(H,24,25)(H,20,22,23). The average Bonchev–Trinajstić information content (AvgIpc) is 3.08. The molecular weight excluding hydrogens is 350 g/mol. The highest BCUT2D eigenvalue weighted by molar-refractivity contribution is 7.15. The minimum Gasteiger partial charge on any atom is -0.478 e. The lowest BCUT2D eigenvalue weighted by Crippen LogP contribution is -2.16. The van der Waals surface area contributed by atoms with Crippen LogP contribution in [0.15, 0.2) is 54.6 Å². The Morgan fingerprint density at radius 2 is 1.69 bits per heavy atom. The van der Waals surface area contributed by atoms with Gasteiger partial charge in [-0.15, -0.1) is 10.2 Å². The maximum Gasteiger partial charge on any atom is 0.335 e.